The molecular formula is C11H19ClN2O2. The molecule has 1 aliphatic rings. The molecule has 0 radical (unpaired) electrons. The summed E-state index contributed by atoms with van der Waals surface area (Å²) in [7, 11) is 3.39. The Morgan fingerprint density at radius 2 is 1.81 bits per heavy atom. The van der Waals surface area contributed by atoms with Crippen LogP contribution in [0, 0.1) is 5.92 Å². The summed E-state index contributed by atoms with van der Waals surface area (Å²) in [6.45, 7) is 0.927. The number of alkyl halides is 1. The van der Waals surface area contributed by atoms with Gasteiger partial charge in [0.2, 0.25) is 11.8 Å². The van der Waals surface area contributed by atoms with Crippen LogP contribution in [0.2, 0.25) is 0 Å². The van der Waals surface area contributed by atoms with Gasteiger partial charge in [0.05, 0.1) is 6.54 Å². The highest BCUT2D eigenvalue weighted by molar-refractivity contribution is 6.27. The van der Waals surface area contributed by atoms with Gasteiger partial charge >= 0.3 is 0 Å². The van der Waals surface area contributed by atoms with Gasteiger partial charge in [-0.2, -0.15) is 0 Å². The maximum Gasteiger partial charge on any atom is 0.241 e. The van der Waals surface area contributed by atoms with Gasteiger partial charge in [0.15, 0.2) is 0 Å². The van der Waals surface area contributed by atoms with E-state index in [0.29, 0.717) is 5.92 Å². The summed E-state index contributed by atoms with van der Waals surface area (Å²) in [6, 6.07) is 0. The first-order chi connectivity index (χ1) is 7.54. The lowest BCUT2D eigenvalue weighted by Crippen LogP contribution is -2.42. The number of amides is 2. The Labute approximate surface area is 102 Å². The zero-order valence-corrected chi connectivity index (χ0v) is 10.7. The summed E-state index contributed by atoms with van der Waals surface area (Å²) in [6.07, 6.45) is 3.71. The van der Waals surface area contributed by atoms with Crippen molar-refractivity contribution in [1.29, 1.82) is 0 Å². The Kier molecular flexibility index (Phi) is 5.06. The monoisotopic (exact) mass is 246 g/mol. The van der Waals surface area contributed by atoms with E-state index in [0.717, 1.165) is 6.54 Å². The molecule has 0 saturated heterocycles. The fraction of sp³-hybridized carbons (Fsp3) is 0.818. The molecule has 16 heavy (non-hydrogen) atoms. The molecule has 1 saturated carbocycles. The average molecular weight is 247 g/mol. The van der Waals surface area contributed by atoms with E-state index in [2.05, 4.69) is 0 Å². The number of carbonyl (C=O) groups is 2. The van der Waals surface area contributed by atoms with Crippen molar-refractivity contribution in [3.05, 3.63) is 0 Å². The van der Waals surface area contributed by atoms with Gasteiger partial charge in [-0.1, -0.05) is 6.42 Å². The minimum atomic E-state index is -0.216. The maximum absolute atomic E-state index is 11.7. The second kappa shape index (κ2) is 6.09. The van der Waals surface area contributed by atoms with E-state index < -0.39 is 0 Å². The van der Waals surface area contributed by atoms with Crippen molar-refractivity contribution in [2.24, 2.45) is 5.92 Å². The van der Waals surface area contributed by atoms with Gasteiger partial charge in [0.1, 0.15) is 5.88 Å². The van der Waals surface area contributed by atoms with Crippen LogP contribution in [0.25, 0.3) is 0 Å². The third-order valence-electron chi connectivity index (χ3n) is 3.10. The molecule has 5 heteroatoms. The normalized spacial score (nSPS) is 15.4. The molecule has 92 valence electrons. The molecule has 1 fully saturated rings. The molecule has 1 rings (SSSR count). The molecule has 0 unspecified atom stereocenters. The predicted molar refractivity (Wildman–Crippen MR) is 63.3 cm³/mol. The molecular weight excluding hydrogens is 228 g/mol. The SMILES string of the molecule is CN(CC(=O)N(C)CC1CCC1)C(=O)CCl. The van der Waals surface area contributed by atoms with E-state index in [1.165, 1.54) is 24.2 Å². The molecule has 0 N–H and O–H groups in total. The molecule has 0 atom stereocenters. The molecule has 0 aromatic carbocycles. The number of rotatable bonds is 5. The number of hydrogen-bond donors (Lipinski definition) is 0. The Bertz CT molecular complexity index is 267. The van der Waals surface area contributed by atoms with Gasteiger partial charge in [-0.3, -0.25) is 9.59 Å². The van der Waals surface area contributed by atoms with Crippen LogP contribution in [-0.4, -0.2) is 54.7 Å². The first-order valence-electron chi connectivity index (χ1n) is 5.58. The van der Waals surface area contributed by atoms with Crippen LogP contribution in [0.3, 0.4) is 0 Å². The molecule has 0 spiro atoms. The molecule has 1 aliphatic carbocycles. The minimum Gasteiger partial charge on any atom is -0.344 e. The number of carbonyl (C=O) groups excluding carboxylic acids is 2. The number of hydrogen-bond acceptors (Lipinski definition) is 2. The first-order valence-corrected chi connectivity index (χ1v) is 6.12. The van der Waals surface area contributed by atoms with Gasteiger partial charge in [-0.05, 0) is 18.8 Å². The minimum absolute atomic E-state index is 0.0205. The van der Waals surface area contributed by atoms with Crippen molar-refractivity contribution in [2.45, 2.75) is 19.3 Å². The summed E-state index contributed by atoms with van der Waals surface area (Å²) >= 11 is 5.41. The molecule has 0 aromatic rings. The van der Waals surface area contributed by atoms with Crippen LogP contribution in [-0.2, 0) is 9.59 Å². The highest BCUT2D eigenvalue weighted by atomic mass is 35.5. The largest absolute Gasteiger partial charge is 0.344 e. The molecule has 0 bridgehead atoms. The Morgan fingerprint density at radius 3 is 2.25 bits per heavy atom. The number of likely N-dealkylation sites (N-methyl/N-ethyl adjacent to an activating group) is 2. The van der Waals surface area contributed by atoms with Crippen molar-refractivity contribution in [2.75, 3.05) is 33.1 Å². The average Bonchev–Trinajstić information content (AvgIpc) is 2.21. The highest BCUT2D eigenvalue weighted by Crippen LogP contribution is 2.26. The second-order valence-corrected chi connectivity index (χ2v) is 4.72. The molecule has 2 amide bonds. The van der Waals surface area contributed by atoms with Crippen LogP contribution in [0.1, 0.15) is 19.3 Å². The predicted octanol–water partition coefficient (Wildman–Crippen LogP) is 0.942. The van der Waals surface area contributed by atoms with E-state index in [-0.39, 0.29) is 24.2 Å². The maximum atomic E-state index is 11.7. The zero-order valence-electron chi connectivity index (χ0n) is 9.91. The smallest absolute Gasteiger partial charge is 0.241 e. The van der Waals surface area contributed by atoms with E-state index in [9.17, 15) is 9.59 Å². The summed E-state index contributed by atoms with van der Waals surface area (Å²) < 4.78 is 0. The molecule has 0 heterocycles. The van der Waals surface area contributed by atoms with Gasteiger partial charge in [0.25, 0.3) is 0 Å². The van der Waals surface area contributed by atoms with Crippen molar-refractivity contribution in [3.63, 3.8) is 0 Å². The lowest BCUT2D eigenvalue weighted by molar-refractivity contribution is -0.137. The van der Waals surface area contributed by atoms with E-state index in [4.69, 9.17) is 11.6 Å². The first kappa shape index (κ1) is 13.3. The fourth-order valence-corrected chi connectivity index (χ4v) is 1.88. The summed E-state index contributed by atoms with van der Waals surface area (Å²) in [5, 5.41) is 0. The summed E-state index contributed by atoms with van der Waals surface area (Å²) in [5.74, 6) is 0.346. The summed E-state index contributed by atoms with van der Waals surface area (Å²) in [5.41, 5.74) is 0. The van der Waals surface area contributed by atoms with Crippen LogP contribution >= 0.6 is 11.6 Å². The van der Waals surface area contributed by atoms with Crippen LogP contribution < -0.4 is 0 Å². The van der Waals surface area contributed by atoms with Gasteiger partial charge in [-0.25, -0.2) is 0 Å². The topological polar surface area (TPSA) is 40.6 Å². The zero-order chi connectivity index (χ0) is 12.1. The van der Waals surface area contributed by atoms with E-state index in [1.54, 1.807) is 19.0 Å². The Balaban J connectivity index is 2.29. The van der Waals surface area contributed by atoms with Gasteiger partial charge < -0.3 is 9.80 Å². The van der Waals surface area contributed by atoms with Crippen LogP contribution in [0.4, 0.5) is 0 Å². The number of halogens is 1. The molecule has 4 nitrogen and oxygen atoms in total. The third kappa shape index (κ3) is 3.67. The van der Waals surface area contributed by atoms with Crippen molar-refractivity contribution < 1.29 is 9.59 Å². The van der Waals surface area contributed by atoms with Crippen molar-refractivity contribution in [1.82, 2.24) is 9.80 Å². The van der Waals surface area contributed by atoms with Crippen LogP contribution in [0.5, 0.6) is 0 Å². The second-order valence-electron chi connectivity index (χ2n) is 4.45. The van der Waals surface area contributed by atoms with E-state index in [1.807, 2.05) is 0 Å². The standard InChI is InChI=1S/C11H19ClN2O2/c1-13(7-9-4-3-5-9)11(16)8-14(2)10(15)6-12/h9H,3-8H2,1-2H3. The lowest BCUT2D eigenvalue weighted by Gasteiger charge is -2.31. The van der Waals surface area contributed by atoms with E-state index >= 15 is 0 Å². The van der Waals surface area contributed by atoms with Gasteiger partial charge in [0, 0.05) is 20.6 Å². The van der Waals surface area contributed by atoms with Crippen molar-refractivity contribution >= 4 is 23.4 Å². The third-order valence-corrected chi connectivity index (χ3v) is 3.32. The quantitative estimate of drug-likeness (QED) is 0.678. The summed E-state index contributed by atoms with van der Waals surface area (Å²) in [4.78, 5) is 26.0. The fourth-order valence-electron chi connectivity index (χ4n) is 1.68. The van der Waals surface area contributed by atoms with Crippen molar-refractivity contribution in [3.8, 4) is 0 Å². The van der Waals surface area contributed by atoms with Crippen LogP contribution in [0.15, 0.2) is 0 Å². The molecule has 0 aliphatic heterocycles. The lowest BCUT2D eigenvalue weighted by atomic mass is 9.85. The Morgan fingerprint density at radius 1 is 1.19 bits per heavy atom. The van der Waals surface area contributed by atoms with Gasteiger partial charge in [-0.15, -0.1) is 11.6 Å². The Hall–Kier alpha value is -0.770. The molecule has 0 aromatic heterocycles. The highest BCUT2D eigenvalue weighted by Gasteiger charge is 2.22. The number of nitrogens with zero attached hydrogens (tertiary/aromatic N) is 2.